The van der Waals surface area contributed by atoms with Crippen molar-refractivity contribution in [3.63, 3.8) is 0 Å². The van der Waals surface area contributed by atoms with Gasteiger partial charge in [0, 0.05) is 23.3 Å². The molecule has 0 amide bonds. The Labute approximate surface area is 83.3 Å². The molecule has 0 aromatic heterocycles. The van der Waals surface area contributed by atoms with Crippen molar-refractivity contribution in [3.05, 3.63) is 28.8 Å². The summed E-state index contributed by atoms with van der Waals surface area (Å²) >= 11 is 5.89. The van der Waals surface area contributed by atoms with Gasteiger partial charge in [0.25, 0.3) is 0 Å². The van der Waals surface area contributed by atoms with E-state index in [9.17, 15) is 0 Å². The van der Waals surface area contributed by atoms with Gasteiger partial charge in [-0.1, -0.05) is 17.7 Å². The Kier molecular flexibility index (Phi) is 2.42. The first-order valence-corrected chi connectivity index (χ1v) is 4.87. The molecule has 0 bridgehead atoms. The molecule has 1 aliphatic rings. The first-order valence-electron chi connectivity index (χ1n) is 4.49. The number of hydrogen-bond acceptors (Lipinski definition) is 2. The molecule has 1 aliphatic heterocycles. The van der Waals surface area contributed by atoms with Crippen LogP contribution in [-0.4, -0.2) is 19.6 Å². The molecule has 3 heteroatoms. The summed E-state index contributed by atoms with van der Waals surface area (Å²) in [6.45, 7) is 0.992. The second-order valence-electron chi connectivity index (χ2n) is 3.40. The van der Waals surface area contributed by atoms with Crippen LogP contribution < -0.4 is 10.6 Å². The summed E-state index contributed by atoms with van der Waals surface area (Å²) in [7, 11) is 1.97. The maximum Gasteiger partial charge on any atom is 0.0427 e. The number of halogens is 1. The number of nitrogens with one attached hydrogen (secondary N) is 2. The third kappa shape index (κ3) is 1.79. The van der Waals surface area contributed by atoms with Crippen LogP contribution in [0.2, 0.25) is 5.02 Å². The van der Waals surface area contributed by atoms with E-state index in [1.165, 1.54) is 11.3 Å². The fourth-order valence-corrected chi connectivity index (χ4v) is 1.94. The van der Waals surface area contributed by atoms with E-state index in [1.54, 1.807) is 0 Å². The zero-order valence-corrected chi connectivity index (χ0v) is 8.36. The van der Waals surface area contributed by atoms with Crippen LogP contribution in [0.25, 0.3) is 0 Å². The molecule has 0 fully saturated rings. The number of rotatable bonds is 2. The van der Waals surface area contributed by atoms with Crippen molar-refractivity contribution in [2.24, 2.45) is 0 Å². The lowest BCUT2D eigenvalue weighted by atomic mass is 10.1. The molecule has 0 saturated heterocycles. The van der Waals surface area contributed by atoms with Crippen molar-refractivity contribution >= 4 is 17.3 Å². The standard InChI is InChI=1S/C10H13ClN2/c1-12-6-9-4-7-2-3-8(11)5-10(7)13-9/h2-3,5,9,12-13H,4,6H2,1H3. The van der Waals surface area contributed by atoms with Crippen LogP contribution in [0.5, 0.6) is 0 Å². The van der Waals surface area contributed by atoms with E-state index >= 15 is 0 Å². The van der Waals surface area contributed by atoms with Crippen molar-refractivity contribution in [2.45, 2.75) is 12.5 Å². The van der Waals surface area contributed by atoms with Crippen molar-refractivity contribution < 1.29 is 0 Å². The highest BCUT2D eigenvalue weighted by atomic mass is 35.5. The summed E-state index contributed by atoms with van der Waals surface area (Å²) in [5.41, 5.74) is 2.55. The molecular formula is C10H13ClN2. The molecule has 0 saturated carbocycles. The molecular weight excluding hydrogens is 184 g/mol. The number of anilines is 1. The average Bonchev–Trinajstić information content (AvgIpc) is 2.46. The molecule has 2 nitrogen and oxygen atoms in total. The van der Waals surface area contributed by atoms with Gasteiger partial charge in [-0.15, -0.1) is 0 Å². The molecule has 1 aromatic carbocycles. The fraction of sp³-hybridized carbons (Fsp3) is 0.400. The first kappa shape index (κ1) is 8.85. The summed E-state index contributed by atoms with van der Waals surface area (Å²) in [6, 6.07) is 6.55. The molecule has 70 valence electrons. The second kappa shape index (κ2) is 3.56. The van der Waals surface area contributed by atoms with Crippen LogP contribution in [0.4, 0.5) is 5.69 Å². The van der Waals surface area contributed by atoms with Gasteiger partial charge < -0.3 is 10.6 Å². The molecule has 2 rings (SSSR count). The highest BCUT2D eigenvalue weighted by molar-refractivity contribution is 6.30. The van der Waals surface area contributed by atoms with Crippen LogP contribution in [0.3, 0.4) is 0 Å². The number of fused-ring (bicyclic) bond motifs is 1. The van der Waals surface area contributed by atoms with Crippen LogP contribution in [-0.2, 0) is 6.42 Å². The lowest BCUT2D eigenvalue weighted by Crippen LogP contribution is -2.28. The summed E-state index contributed by atoms with van der Waals surface area (Å²) in [5.74, 6) is 0. The van der Waals surface area contributed by atoms with Gasteiger partial charge in [-0.05, 0) is 31.2 Å². The quantitative estimate of drug-likeness (QED) is 0.755. The maximum atomic E-state index is 5.89. The zero-order valence-electron chi connectivity index (χ0n) is 7.60. The summed E-state index contributed by atoms with van der Waals surface area (Å²) < 4.78 is 0. The fourth-order valence-electron chi connectivity index (χ4n) is 1.77. The van der Waals surface area contributed by atoms with Crippen molar-refractivity contribution in [1.29, 1.82) is 0 Å². The van der Waals surface area contributed by atoms with Crippen LogP contribution in [0, 0.1) is 0 Å². The van der Waals surface area contributed by atoms with Gasteiger partial charge >= 0.3 is 0 Å². The third-order valence-electron chi connectivity index (χ3n) is 2.35. The Morgan fingerprint density at radius 1 is 1.62 bits per heavy atom. The smallest absolute Gasteiger partial charge is 0.0427 e. The van der Waals surface area contributed by atoms with E-state index in [0.717, 1.165) is 18.0 Å². The second-order valence-corrected chi connectivity index (χ2v) is 3.84. The van der Waals surface area contributed by atoms with Crippen LogP contribution in [0.15, 0.2) is 18.2 Å². The monoisotopic (exact) mass is 196 g/mol. The zero-order chi connectivity index (χ0) is 9.26. The molecule has 1 aromatic rings. The SMILES string of the molecule is CNCC1Cc2ccc(Cl)cc2N1. The predicted octanol–water partition coefficient (Wildman–Crippen LogP) is 1.90. The van der Waals surface area contributed by atoms with E-state index in [0.29, 0.717) is 6.04 Å². The molecule has 2 N–H and O–H groups in total. The molecule has 1 unspecified atom stereocenters. The Bertz CT molecular complexity index is 312. The van der Waals surface area contributed by atoms with E-state index in [1.807, 2.05) is 19.2 Å². The largest absolute Gasteiger partial charge is 0.380 e. The van der Waals surface area contributed by atoms with Crippen LogP contribution in [0.1, 0.15) is 5.56 Å². The van der Waals surface area contributed by atoms with Gasteiger partial charge in [0.15, 0.2) is 0 Å². The molecule has 1 atom stereocenters. The van der Waals surface area contributed by atoms with Gasteiger partial charge in [0.1, 0.15) is 0 Å². The van der Waals surface area contributed by atoms with Crippen molar-refractivity contribution in [3.8, 4) is 0 Å². The van der Waals surface area contributed by atoms with Gasteiger partial charge in [-0.2, -0.15) is 0 Å². The van der Waals surface area contributed by atoms with Crippen molar-refractivity contribution in [1.82, 2.24) is 5.32 Å². The Balaban J connectivity index is 2.16. The lowest BCUT2D eigenvalue weighted by Gasteiger charge is -2.09. The van der Waals surface area contributed by atoms with Gasteiger partial charge in [-0.25, -0.2) is 0 Å². The minimum atomic E-state index is 0.512. The van der Waals surface area contributed by atoms with E-state index < -0.39 is 0 Å². The lowest BCUT2D eigenvalue weighted by molar-refractivity contribution is 0.674. The summed E-state index contributed by atoms with van der Waals surface area (Å²) in [4.78, 5) is 0. The molecule has 1 heterocycles. The highest BCUT2D eigenvalue weighted by Crippen LogP contribution is 2.28. The molecule has 0 radical (unpaired) electrons. The molecule has 13 heavy (non-hydrogen) atoms. The van der Waals surface area contributed by atoms with E-state index in [4.69, 9.17) is 11.6 Å². The number of likely N-dealkylation sites (N-methyl/N-ethyl adjacent to an activating group) is 1. The average molecular weight is 197 g/mol. The van der Waals surface area contributed by atoms with Crippen molar-refractivity contribution in [2.75, 3.05) is 18.9 Å². The Morgan fingerprint density at radius 2 is 2.46 bits per heavy atom. The topological polar surface area (TPSA) is 24.1 Å². The molecule has 0 aliphatic carbocycles. The van der Waals surface area contributed by atoms with Gasteiger partial charge in [-0.3, -0.25) is 0 Å². The van der Waals surface area contributed by atoms with E-state index in [-0.39, 0.29) is 0 Å². The molecule has 0 spiro atoms. The van der Waals surface area contributed by atoms with E-state index in [2.05, 4.69) is 16.7 Å². The third-order valence-corrected chi connectivity index (χ3v) is 2.58. The minimum absolute atomic E-state index is 0.512. The Morgan fingerprint density at radius 3 is 3.23 bits per heavy atom. The number of hydrogen-bond donors (Lipinski definition) is 2. The van der Waals surface area contributed by atoms with Crippen LogP contribution >= 0.6 is 11.6 Å². The minimum Gasteiger partial charge on any atom is -0.380 e. The predicted molar refractivity (Wildman–Crippen MR) is 56.5 cm³/mol. The first-order chi connectivity index (χ1) is 6.29. The van der Waals surface area contributed by atoms with Gasteiger partial charge in [0.2, 0.25) is 0 Å². The summed E-state index contributed by atoms with van der Waals surface area (Å²) in [6.07, 6.45) is 1.09. The normalized spacial score (nSPS) is 19.7. The number of benzene rings is 1. The van der Waals surface area contributed by atoms with Gasteiger partial charge in [0.05, 0.1) is 0 Å². The Hall–Kier alpha value is -0.730. The maximum absolute atomic E-state index is 5.89. The highest BCUT2D eigenvalue weighted by Gasteiger charge is 2.19. The summed E-state index contributed by atoms with van der Waals surface area (Å²) in [5, 5.41) is 7.40.